The molecule has 1 aliphatic heterocycles. The first-order valence-electron chi connectivity index (χ1n) is 7.61. The van der Waals surface area contributed by atoms with Crippen LogP contribution >= 0.6 is 23.5 Å². The molecule has 0 aromatic heterocycles. The van der Waals surface area contributed by atoms with Crippen LogP contribution in [0.4, 0.5) is 4.79 Å². The van der Waals surface area contributed by atoms with Crippen LogP contribution in [-0.2, 0) is 4.79 Å². The molecular formula is C14H22N2O3S2. The lowest BCUT2D eigenvalue weighted by Gasteiger charge is -2.29. The smallest absolute Gasteiger partial charge is 0.315 e. The second-order valence-corrected chi connectivity index (χ2v) is 8.70. The Bertz CT molecular complexity index is 415. The molecule has 0 spiro atoms. The zero-order chi connectivity index (χ0) is 14.8. The number of amides is 2. The normalized spacial score (nSPS) is 38.2. The van der Waals surface area contributed by atoms with Crippen LogP contribution in [0.15, 0.2) is 0 Å². The number of aliphatic carboxylic acids is 1. The van der Waals surface area contributed by atoms with Crippen molar-refractivity contribution in [1.82, 2.24) is 10.6 Å². The summed E-state index contributed by atoms with van der Waals surface area (Å²) < 4.78 is 0. The van der Waals surface area contributed by atoms with Crippen LogP contribution in [0.3, 0.4) is 0 Å². The highest BCUT2D eigenvalue weighted by Crippen LogP contribution is 2.48. The summed E-state index contributed by atoms with van der Waals surface area (Å²) in [6.07, 6.45) is 3.00. The molecule has 1 saturated heterocycles. The van der Waals surface area contributed by atoms with Gasteiger partial charge in [-0.2, -0.15) is 23.5 Å². The van der Waals surface area contributed by atoms with Gasteiger partial charge >= 0.3 is 12.0 Å². The maximum absolute atomic E-state index is 12.1. The highest BCUT2D eigenvalue weighted by molar-refractivity contribution is 8.06. The molecule has 3 aliphatic rings. The van der Waals surface area contributed by atoms with Crippen molar-refractivity contribution in [1.29, 1.82) is 0 Å². The number of hydrogen-bond acceptors (Lipinski definition) is 4. The van der Waals surface area contributed by atoms with Crippen molar-refractivity contribution >= 4 is 35.5 Å². The van der Waals surface area contributed by atoms with Gasteiger partial charge in [-0.3, -0.25) is 4.79 Å². The van der Waals surface area contributed by atoms with E-state index in [9.17, 15) is 14.7 Å². The van der Waals surface area contributed by atoms with Gasteiger partial charge in [0.25, 0.3) is 0 Å². The molecule has 3 fully saturated rings. The number of carboxylic acid groups (broad SMARTS) is 1. The second kappa shape index (κ2) is 6.69. The summed E-state index contributed by atoms with van der Waals surface area (Å²) in [5.74, 6) is 2.87. The van der Waals surface area contributed by atoms with Crippen LogP contribution in [0.2, 0.25) is 0 Å². The van der Waals surface area contributed by atoms with E-state index in [4.69, 9.17) is 0 Å². The number of fused-ring (bicyclic) bond motifs is 2. The highest BCUT2D eigenvalue weighted by Gasteiger charge is 2.51. The average molecular weight is 330 g/mol. The molecular weight excluding hydrogens is 308 g/mol. The van der Waals surface area contributed by atoms with Gasteiger partial charge in [0.05, 0.1) is 5.92 Å². The Morgan fingerprint density at radius 3 is 2.71 bits per heavy atom. The molecule has 2 aliphatic carbocycles. The molecule has 5 atom stereocenters. The van der Waals surface area contributed by atoms with Crippen molar-refractivity contribution in [2.75, 3.05) is 23.8 Å². The first-order valence-corrected chi connectivity index (χ1v) is 9.82. The minimum atomic E-state index is -0.758. The van der Waals surface area contributed by atoms with Crippen molar-refractivity contribution in [3.05, 3.63) is 0 Å². The molecule has 2 saturated carbocycles. The van der Waals surface area contributed by atoms with Gasteiger partial charge in [0, 0.05) is 35.1 Å². The number of rotatable bonds is 4. The van der Waals surface area contributed by atoms with Crippen LogP contribution in [-0.4, -0.2) is 52.2 Å². The molecule has 0 aromatic carbocycles. The molecule has 1 heterocycles. The summed E-state index contributed by atoms with van der Waals surface area (Å²) in [4.78, 5) is 23.5. The quantitative estimate of drug-likeness (QED) is 0.730. The summed E-state index contributed by atoms with van der Waals surface area (Å²) >= 11 is 3.84. The lowest BCUT2D eigenvalue weighted by Crippen LogP contribution is -2.51. The molecule has 2 bridgehead atoms. The minimum absolute atomic E-state index is 0.186. The summed E-state index contributed by atoms with van der Waals surface area (Å²) in [7, 11) is 0. The third-order valence-corrected chi connectivity index (χ3v) is 7.72. The number of nitrogens with one attached hydrogen (secondary N) is 2. The Morgan fingerprint density at radius 2 is 2.00 bits per heavy atom. The van der Waals surface area contributed by atoms with Gasteiger partial charge in [-0.15, -0.1) is 0 Å². The lowest BCUT2D eigenvalue weighted by molar-refractivity contribution is -0.144. The Balaban J connectivity index is 1.48. The molecule has 2 amide bonds. The van der Waals surface area contributed by atoms with E-state index in [0.717, 1.165) is 30.8 Å². The average Bonchev–Trinajstić information content (AvgIpc) is 3.07. The van der Waals surface area contributed by atoms with Gasteiger partial charge in [-0.05, 0) is 31.1 Å². The zero-order valence-electron chi connectivity index (χ0n) is 11.9. The first kappa shape index (κ1) is 15.3. The van der Waals surface area contributed by atoms with E-state index in [1.165, 1.54) is 5.75 Å². The van der Waals surface area contributed by atoms with Gasteiger partial charge in [-0.25, -0.2) is 4.79 Å². The third kappa shape index (κ3) is 3.44. The number of carboxylic acids is 1. The van der Waals surface area contributed by atoms with E-state index < -0.39 is 11.9 Å². The minimum Gasteiger partial charge on any atom is -0.481 e. The molecule has 21 heavy (non-hydrogen) atoms. The zero-order valence-corrected chi connectivity index (χ0v) is 13.5. The number of carbonyl (C=O) groups excluding carboxylic acids is 1. The SMILES string of the molecule is O=C(NCC1CSCCS1)NC1C2CCC(C2)C1C(=O)O. The van der Waals surface area contributed by atoms with Gasteiger partial charge in [-0.1, -0.05) is 0 Å². The van der Waals surface area contributed by atoms with E-state index in [1.807, 2.05) is 23.5 Å². The van der Waals surface area contributed by atoms with Crippen molar-refractivity contribution < 1.29 is 14.7 Å². The van der Waals surface area contributed by atoms with Crippen molar-refractivity contribution in [3.8, 4) is 0 Å². The van der Waals surface area contributed by atoms with Gasteiger partial charge in [0.15, 0.2) is 0 Å². The van der Waals surface area contributed by atoms with Gasteiger partial charge in [0.1, 0.15) is 0 Å². The number of hydrogen-bond donors (Lipinski definition) is 3. The van der Waals surface area contributed by atoms with Crippen molar-refractivity contribution in [3.63, 3.8) is 0 Å². The predicted octanol–water partition coefficient (Wildman–Crippen LogP) is 1.63. The Kier molecular flexibility index (Phi) is 4.88. The maximum atomic E-state index is 12.1. The molecule has 0 aromatic rings. The van der Waals surface area contributed by atoms with E-state index in [2.05, 4.69) is 10.6 Å². The number of carbonyl (C=O) groups is 2. The Morgan fingerprint density at radius 1 is 1.19 bits per heavy atom. The van der Waals surface area contributed by atoms with Gasteiger partial charge in [0.2, 0.25) is 0 Å². The topological polar surface area (TPSA) is 78.4 Å². The van der Waals surface area contributed by atoms with Crippen LogP contribution in [0, 0.1) is 17.8 Å². The molecule has 118 valence electrons. The summed E-state index contributed by atoms with van der Waals surface area (Å²) in [5, 5.41) is 15.7. The molecule has 7 heteroatoms. The van der Waals surface area contributed by atoms with Crippen LogP contribution in [0.5, 0.6) is 0 Å². The highest BCUT2D eigenvalue weighted by atomic mass is 32.2. The fraction of sp³-hybridized carbons (Fsp3) is 0.857. The van der Waals surface area contributed by atoms with Crippen LogP contribution in [0.1, 0.15) is 19.3 Å². The molecule has 5 unspecified atom stereocenters. The van der Waals surface area contributed by atoms with E-state index in [0.29, 0.717) is 17.7 Å². The third-order valence-electron chi connectivity index (χ3n) is 4.87. The Hall–Kier alpha value is -0.560. The number of thioether (sulfide) groups is 2. The lowest BCUT2D eigenvalue weighted by atomic mass is 9.84. The largest absolute Gasteiger partial charge is 0.481 e. The molecule has 3 N–H and O–H groups in total. The maximum Gasteiger partial charge on any atom is 0.315 e. The Labute approximate surface area is 133 Å². The van der Waals surface area contributed by atoms with E-state index >= 15 is 0 Å². The first-order chi connectivity index (χ1) is 10.1. The standard InChI is InChI=1S/C14H22N2O3S2/c17-13(18)11-8-1-2-9(5-8)12(11)16-14(19)15-6-10-7-20-3-4-21-10/h8-12H,1-7H2,(H,17,18)(H2,15,16,19). The molecule has 0 radical (unpaired) electrons. The summed E-state index contributed by atoms with van der Waals surface area (Å²) in [5.41, 5.74) is 0. The predicted molar refractivity (Wildman–Crippen MR) is 85.9 cm³/mol. The van der Waals surface area contributed by atoms with E-state index in [-0.39, 0.29) is 18.0 Å². The summed E-state index contributed by atoms with van der Waals surface area (Å²) in [6.45, 7) is 0.669. The van der Waals surface area contributed by atoms with Crippen molar-refractivity contribution in [2.24, 2.45) is 17.8 Å². The molecule has 3 rings (SSSR count). The fourth-order valence-electron chi connectivity index (χ4n) is 3.92. The monoisotopic (exact) mass is 330 g/mol. The van der Waals surface area contributed by atoms with Gasteiger partial charge < -0.3 is 15.7 Å². The van der Waals surface area contributed by atoms with Crippen molar-refractivity contribution in [2.45, 2.75) is 30.6 Å². The van der Waals surface area contributed by atoms with Crippen LogP contribution in [0.25, 0.3) is 0 Å². The second-order valence-electron chi connectivity index (χ2n) is 6.15. The van der Waals surface area contributed by atoms with Crippen LogP contribution < -0.4 is 10.6 Å². The fourth-order valence-corrected chi connectivity index (χ4v) is 6.53. The number of urea groups is 1. The summed E-state index contributed by atoms with van der Waals surface area (Å²) in [6, 6.07) is -0.385. The van der Waals surface area contributed by atoms with E-state index in [1.54, 1.807) is 0 Å². The molecule has 5 nitrogen and oxygen atoms in total.